The van der Waals surface area contributed by atoms with Crippen LogP contribution in [-0.2, 0) is 9.47 Å². The smallest absolute Gasteiger partial charge is 0.357 e. The quantitative estimate of drug-likeness (QED) is 0.332. The summed E-state index contributed by atoms with van der Waals surface area (Å²) in [6.45, 7) is 0. The average molecular weight is 571 g/mol. The molecular weight excluding hydrogens is 555 g/mol. The van der Waals surface area contributed by atoms with Gasteiger partial charge >= 0.3 is 11.9 Å². The van der Waals surface area contributed by atoms with Crippen LogP contribution in [0.2, 0.25) is 0 Å². The van der Waals surface area contributed by atoms with Crippen molar-refractivity contribution < 1.29 is 23.8 Å². The first-order valence-corrected chi connectivity index (χ1v) is 10.2. The summed E-state index contributed by atoms with van der Waals surface area (Å²) >= 11 is 5.59. The van der Waals surface area contributed by atoms with Crippen LogP contribution in [-0.4, -0.2) is 43.0 Å². The lowest BCUT2D eigenvalue weighted by atomic mass is 10.1. The van der Waals surface area contributed by atoms with E-state index in [9.17, 15) is 9.59 Å². The van der Waals surface area contributed by atoms with E-state index in [4.69, 9.17) is 14.2 Å². The summed E-state index contributed by atoms with van der Waals surface area (Å²) in [5.41, 5.74) is 1.56. The molecule has 0 radical (unpaired) electrons. The summed E-state index contributed by atoms with van der Waals surface area (Å²) in [7, 11) is 4.07. The van der Waals surface area contributed by atoms with Gasteiger partial charge in [0.25, 0.3) is 0 Å². The van der Waals surface area contributed by atoms with Crippen molar-refractivity contribution in [1.82, 2.24) is 9.78 Å². The fourth-order valence-corrected chi connectivity index (χ4v) is 4.01. The molecule has 0 fully saturated rings. The zero-order valence-corrected chi connectivity index (χ0v) is 19.5. The predicted molar refractivity (Wildman–Crippen MR) is 119 cm³/mol. The Labute approximate surface area is 189 Å². The molecule has 29 heavy (non-hydrogen) atoms. The highest BCUT2D eigenvalue weighted by atomic mass is 127. The molecule has 0 atom stereocenters. The second-order valence-electron chi connectivity index (χ2n) is 5.77. The lowest BCUT2D eigenvalue weighted by Crippen LogP contribution is -2.15. The van der Waals surface area contributed by atoms with Crippen molar-refractivity contribution in [1.29, 1.82) is 0 Å². The number of hydrogen-bond donors (Lipinski definition) is 0. The fourth-order valence-electron chi connectivity index (χ4n) is 2.81. The van der Waals surface area contributed by atoms with Gasteiger partial charge in [0.1, 0.15) is 17.0 Å². The van der Waals surface area contributed by atoms with Crippen LogP contribution in [0, 0.1) is 3.57 Å². The monoisotopic (exact) mass is 570 g/mol. The summed E-state index contributed by atoms with van der Waals surface area (Å²) in [5, 5.41) is 4.59. The standard InChI is InChI=1S/C20H16BrIN2O5/c1-27-15-10-14(22)12(9-13(15)21)17-16(19(25)28-2)18(20(26)29-3)24(23-17)11-7-5-4-6-8-11/h4-10H,1-3H3. The molecule has 3 rings (SSSR count). The normalized spacial score (nSPS) is 10.5. The largest absolute Gasteiger partial charge is 0.496 e. The van der Waals surface area contributed by atoms with E-state index < -0.39 is 11.9 Å². The molecule has 0 N–H and O–H groups in total. The van der Waals surface area contributed by atoms with Gasteiger partial charge in [0.2, 0.25) is 0 Å². The number of nitrogens with zero attached hydrogens (tertiary/aromatic N) is 2. The SMILES string of the molecule is COC(=O)c1c(-c2cc(Br)c(OC)cc2I)nn(-c2ccccc2)c1C(=O)OC. The Kier molecular flexibility index (Phi) is 6.58. The van der Waals surface area contributed by atoms with E-state index in [0.29, 0.717) is 27.2 Å². The fraction of sp³-hybridized carbons (Fsp3) is 0.150. The summed E-state index contributed by atoms with van der Waals surface area (Å²) in [4.78, 5) is 25.3. The van der Waals surface area contributed by atoms with Crippen LogP contribution in [0.1, 0.15) is 20.8 Å². The molecule has 1 heterocycles. The first kappa shape index (κ1) is 21.3. The van der Waals surface area contributed by atoms with Crippen molar-refractivity contribution in [3.63, 3.8) is 0 Å². The summed E-state index contributed by atoms with van der Waals surface area (Å²) in [5.74, 6) is -0.755. The first-order chi connectivity index (χ1) is 13.9. The number of aromatic nitrogens is 2. The van der Waals surface area contributed by atoms with Gasteiger partial charge in [-0.15, -0.1) is 0 Å². The molecule has 0 amide bonds. The first-order valence-electron chi connectivity index (χ1n) is 8.31. The van der Waals surface area contributed by atoms with Crippen LogP contribution < -0.4 is 4.74 Å². The van der Waals surface area contributed by atoms with E-state index >= 15 is 0 Å². The zero-order chi connectivity index (χ0) is 21.1. The molecule has 2 aromatic carbocycles. The minimum Gasteiger partial charge on any atom is -0.496 e. The van der Waals surface area contributed by atoms with Crippen molar-refractivity contribution in [2.75, 3.05) is 21.3 Å². The Hall–Kier alpha value is -2.40. The molecule has 0 aliphatic heterocycles. The van der Waals surface area contributed by atoms with Gasteiger partial charge in [0.05, 0.1) is 31.5 Å². The second-order valence-corrected chi connectivity index (χ2v) is 7.79. The average Bonchev–Trinajstić information content (AvgIpc) is 3.14. The third kappa shape index (κ3) is 4.01. The Bertz CT molecular complexity index is 1080. The van der Waals surface area contributed by atoms with Crippen LogP contribution in [0.15, 0.2) is 46.9 Å². The minimum atomic E-state index is -0.699. The predicted octanol–water partition coefficient (Wildman–Crippen LogP) is 4.49. The van der Waals surface area contributed by atoms with Gasteiger partial charge in [-0.25, -0.2) is 14.3 Å². The van der Waals surface area contributed by atoms with Crippen molar-refractivity contribution in [3.05, 3.63) is 61.8 Å². The van der Waals surface area contributed by atoms with E-state index in [2.05, 4.69) is 43.6 Å². The zero-order valence-electron chi connectivity index (χ0n) is 15.7. The maximum absolute atomic E-state index is 12.7. The van der Waals surface area contributed by atoms with E-state index in [-0.39, 0.29) is 11.3 Å². The molecule has 9 heteroatoms. The minimum absolute atomic E-state index is 0.0108. The molecule has 0 aliphatic rings. The Morgan fingerprint density at radius 2 is 1.69 bits per heavy atom. The molecule has 0 bridgehead atoms. The molecule has 0 saturated carbocycles. The number of esters is 2. The van der Waals surface area contributed by atoms with Crippen molar-refractivity contribution in [2.24, 2.45) is 0 Å². The number of halogens is 2. The number of carbonyl (C=O) groups is 2. The Morgan fingerprint density at radius 3 is 2.28 bits per heavy atom. The van der Waals surface area contributed by atoms with Gasteiger partial charge in [0, 0.05) is 9.13 Å². The van der Waals surface area contributed by atoms with Crippen molar-refractivity contribution in [2.45, 2.75) is 0 Å². The highest BCUT2D eigenvalue weighted by molar-refractivity contribution is 14.1. The van der Waals surface area contributed by atoms with Gasteiger partial charge in [-0.1, -0.05) is 18.2 Å². The number of ether oxygens (including phenoxy) is 3. The highest BCUT2D eigenvalue weighted by Crippen LogP contribution is 2.37. The van der Waals surface area contributed by atoms with Gasteiger partial charge < -0.3 is 14.2 Å². The Balaban J connectivity index is 2.39. The van der Waals surface area contributed by atoms with E-state index in [1.165, 1.54) is 18.9 Å². The molecule has 7 nitrogen and oxygen atoms in total. The molecular formula is C20H16BrIN2O5. The molecule has 1 aromatic heterocycles. The molecule has 0 unspecified atom stereocenters. The third-order valence-electron chi connectivity index (χ3n) is 4.15. The van der Waals surface area contributed by atoms with Crippen LogP contribution in [0.4, 0.5) is 0 Å². The molecule has 0 spiro atoms. The second kappa shape index (κ2) is 8.95. The summed E-state index contributed by atoms with van der Waals surface area (Å²) < 4.78 is 18.1. The maximum atomic E-state index is 12.7. The van der Waals surface area contributed by atoms with E-state index in [1.54, 1.807) is 31.4 Å². The lowest BCUT2D eigenvalue weighted by Gasteiger charge is -2.09. The van der Waals surface area contributed by atoms with Crippen LogP contribution >= 0.6 is 38.5 Å². The van der Waals surface area contributed by atoms with Crippen LogP contribution in [0.25, 0.3) is 16.9 Å². The van der Waals surface area contributed by atoms with Gasteiger partial charge in [-0.3, -0.25) is 0 Å². The highest BCUT2D eigenvalue weighted by Gasteiger charge is 2.32. The number of methoxy groups -OCH3 is 3. The summed E-state index contributed by atoms with van der Waals surface area (Å²) in [6.07, 6.45) is 0. The van der Waals surface area contributed by atoms with Crippen molar-refractivity contribution in [3.8, 4) is 22.7 Å². The number of hydrogen-bond acceptors (Lipinski definition) is 6. The molecule has 0 aliphatic carbocycles. The number of para-hydroxylation sites is 1. The van der Waals surface area contributed by atoms with Gasteiger partial charge in [-0.2, -0.15) is 5.10 Å². The molecule has 3 aromatic rings. The molecule has 0 saturated heterocycles. The van der Waals surface area contributed by atoms with E-state index in [1.807, 2.05) is 18.2 Å². The number of carbonyl (C=O) groups excluding carboxylic acids is 2. The van der Waals surface area contributed by atoms with Crippen LogP contribution in [0.3, 0.4) is 0 Å². The topological polar surface area (TPSA) is 79.7 Å². The lowest BCUT2D eigenvalue weighted by molar-refractivity contribution is 0.0549. The Morgan fingerprint density at radius 1 is 1.03 bits per heavy atom. The number of rotatable bonds is 5. The van der Waals surface area contributed by atoms with Crippen LogP contribution in [0.5, 0.6) is 5.75 Å². The van der Waals surface area contributed by atoms with E-state index in [0.717, 1.165) is 3.57 Å². The van der Waals surface area contributed by atoms with Gasteiger partial charge in [-0.05, 0) is 62.8 Å². The summed E-state index contributed by atoms with van der Waals surface area (Å²) in [6, 6.07) is 12.6. The third-order valence-corrected chi connectivity index (χ3v) is 5.66. The maximum Gasteiger partial charge on any atom is 0.357 e. The van der Waals surface area contributed by atoms with Crippen molar-refractivity contribution >= 4 is 50.5 Å². The number of benzene rings is 2. The van der Waals surface area contributed by atoms with Gasteiger partial charge in [0.15, 0.2) is 5.69 Å². The molecule has 150 valence electrons.